The number of rotatable bonds is 4. The van der Waals surface area contributed by atoms with Gasteiger partial charge in [0.15, 0.2) is 17.3 Å². The lowest BCUT2D eigenvalue weighted by atomic mass is 10.1. The van der Waals surface area contributed by atoms with E-state index in [1.54, 1.807) is 18.2 Å². The van der Waals surface area contributed by atoms with E-state index in [1.165, 1.54) is 6.33 Å². The van der Waals surface area contributed by atoms with E-state index in [2.05, 4.69) is 48.1 Å². The first kappa shape index (κ1) is 21.4. The van der Waals surface area contributed by atoms with Gasteiger partial charge in [0.25, 0.3) is 0 Å². The molecule has 2 aliphatic rings. The van der Waals surface area contributed by atoms with Crippen LogP contribution in [0.2, 0.25) is 0 Å². The first-order chi connectivity index (χ1) is 15.6. The number of fused-ring (bicyclic) bond motifs is 2. The molecule has 0 saturated carbocycles. The Hall–Kier alpha value is -2.49. The van der Waals surface area contributed by atoms with Crippen molar-refractivity contribution in [2.45, 2.75) is 12.5 Å². The lowest BCUT2D eigenvalue weighted by Crippen LogP contribution is -2.42. The smallest absolute Gasteiger partial charge is 0.163 e. The van der Waals surface area contributed by atoms with E-state index in [4.69, 9.17) is 9.47 Å². The number of ether oxygens (including phenoxy) is 2. The summed E-state index contributed by atoms with van der Waals surface area (Å²) in [5.74, 6) is 1.46. The van der Waals surface area contributed by atoms with Crippen LogP contribution >= 0.6 is 15.9 Å². The molecule has 9 heteroatoms. The maximum atomic E-state index is 14.5. The summed E-state index contributed by atoms with van der Waals surface area (Å²) < 4.78 is 27.2. The largest absolute Gasteiger partial charge is 0.486 e. The monoisotopic (exact) mass is 501 g/mol. The summed E-state index contributed by atoms with van der Waals surface area (Å²) in [6.07, 6.45) is 2.56. The molecule has 3 heterocycles. The zero-order valence-corrected chi connectivity index (χ0v) is 19.4. The van der Waals surface area contributed by atoms with Crippen LogP contribution in [0, 0.1) is 5.82 Å². The minimum atomic E-state index is -0.375. The van der Waals surface area contributed by atoms with Gasteiger partial charge in [-0.1, -0.05) is 6.07 Å². The summed E-state index contributed by atoms with van der Waals surface area (Å²) >= 11 is 3.22. The molecule has 1 atom stereocenters. The molecule has 0 radical (unpaired) electrons. The second kappa shape index (κ2) is 9.17. The van der Waals surface area contributed by atoms with Crippen LogP contribution in [0.15, 0.2) is 41.1 Å². The molecule has 7 nitrogen and oxygen atoms in total. The third kappa shape index (κ3) is 4.51. The molecule has 1 saturated heterocycles. The fraction of sp³-hybridized carbons (Fsp3) is 0.391. The second-order valence-electron chi connectivity index (χ2n) is 8.27. The normalized spacial score (nSPS) is 19.7. The van der Waals surface area contributed by atoms with Crippen LogP contribution in [0.4, 0.5) is 15.9 Å². The fourth-order valence-electron chi connectivity index (χ4n) is 4.15. The van der Waals surface area contributed by atoms with E-state index < -0.39 is 0 Å². The van der Waals surface area contributed by atoms with E-state index in [9.17, 15) is 4.39 Å². The highest BCUT2D eigenvalue weighted by molar-refractivity contribution is 9.10. The molecule has 2 aliphatic heterocycles. The summed E-state index contributed by atoms with van der Waals surface area (Å²) in [6.45, 7) is 5.61. The number of benzene rings is 2. The van der Waals surface area contributed by atoms with Crippen molar-refractivity contribution in [3.05, 3.63) is 46.9 Å². The van der Waals surface area contributed by atoms with Gasteiger partial charge in [-0.2, -0.15) is 0 Å². The Kier molecular flexibility index (Phi) is 6.12. The van der Waals surface area contributed by atoms with Crippen molar-refractivity contribution in [1.82, 2.24) is 19.8 Å². The third-order valence-electron chi connectivity index (χ3n) is 5.90. The molecule has 168 valence electrons. The van der Waals surface area contributed by atoms with E-state index in [0.717, 1.165) is 44.5 Å². The summed E-state index contributed by atoms with van der Waals surface area (Å²) in [6, 6.07) is 8.82. The molecular weight excluding hydrogens is 477 g/mol. The van der Waals surface area contributed by atoms with Gasteiger partial charge < -0.3 is 19.7 Å². The number of halogens is 2. The van der Waals surface area contributed by atoms with Crippen LogP contribution in [0.5, 0.6) is 11.5 Å². The number of aromatic nitrogens is 2. The van der Waals surface area contributed by atoms with Crippen molar-refractivity contribution in [2.75, 3.05) is 51.7 Å². The Balaban J connectivity index is 1.38. The minimum Gasteiger partial charge on any atom is -0.486 e. The third-order valence-corrected chi connectivity index (χ3v) is 6.51. The summed E-state index contributed by atoms with van der Waals surface area (Å²) in [4.78, 5) is 13.5. The fourth-order valence-corrected chi connectivity index (χ4v) is 4.52. The van der Waals surface area contributed by atoms with Gasteiger partial charge in [0.2, 0.25) is 0 Å². The minimum absolute atomic E-state index is 0.0491. The van der Waals surface area contributed by atoms with Crippen LogP contribution in [0.25, 0.3) is 10.9 Å². The van der Waals surface area contributed by atoms with Gasteiger partial charge in [-0.15, -0.1) is 0 Å². The highest BCUT2D eigenvalue weighted by atomic mass is 79.9. The Morgan fingerprint density at radius 2 is 2.06 bits per heavy atom. The molecule has 0 spiro atoms. The lowest BCUT2D eigenvalue weighted by molar-refractivity contribution is 0.0601. The average molecular weight is 502 g/mol. The number of nitrogens with one attached hydrogen (secondary N) is 1. The molecule has 1 unspecified atom stereocenters. The predicted molar refractivity (Wildman–Crippen MR) is 125 cm³/mol. The second-order valence-corrected chi connectivity index (χ2v) is 9.13. The van der Waals surface area contributed by atoms with Gasteiger partial charge in [0, 0.05) is 31.1 Å². The van der Waals surface area contributed by atoms with Gasteiger partial charge in [-0.25, -0.2) is 14.4 Å². The van der Waals surface area contributed by atoms with Gasteiger partial charge in [-0.05, 0) is 60.7 Å². The first-order valence-electron chi connectivity index (χ1n) is 10.8. The predicted octanol–water partition coefficient (Wildman–Crippen LogP) is 4.05. The van der Waals surface area contributed by atoms with Crippen molar-refractivity contribution in [3.63, 3.8) is 0 Å². The van der Waals surface area contributed by atoms with E-state index in [0.29, 0.717) is 39.6 Å². The van der Waals surface area contributed by atoms with Crippen LogP contribution in [-0.2, 0) is 0 Å². The maximum absolute atomic E-state index is 14.5. The Labute approximate surface area is 194 Å². The van der Waals surface area contributed by atoms with Crippen LogP contribution in [-0.4, -0.2) is 72.3 Å². The van der Waals surface area contributed by atoms with Crippen molar-refractivity contribution in [3.8, 4) is 11.5 Å². The summed E-state index contributed by atoms with van der Waals surface area (Å²) in [5.41, 5.74) is 1.03. The molecule has 5 rings (SSSR count). The molecule has 1 aromatic heterocycles. The number of hydrogen-bond acceptors (Lipinski definition) is 7. The average Bonchev–Trinajstić information content (AvgIpc) is 3.00. The quantitative estimate of drug-likeness (QED) is 0.578. The number of nitrogens with zero attached hydrogens (tertiary/aromatic N) is 4. The Morgan fingerprint density at radius 1 is 1.16 bits per heavy atom. The van der Waals surface area contributed by atoms with Crippen LogP contribution in [0.3, 0.4) is 0 Å². The molecule has 1 fully saturated rings. The molecule has 0 amide bonds. The molecule has 3 aromatic rings. The topological polar surface area (TPSA) is 62.8 Å². The Morgan fingerprint density at radius 3 is 2.97 bits per heavy atom. The SMILES string of the molecule is CN1CCCN(CC2COc3cc4ncnc(Nc5cccc(Br)c5F)c4cc3O2)CC1. The van der Waals surface area contributed by atoms with Crippen molar-refractivity contribution in [1.29, 1.82) is 0 Å². The Bertz CT molecular complexity index is 1130. The molecular formula is C23H25BrFN5O2. The van der Waals surface area contributed by atoms with E-state index >= 15 is 0 Å². The lowest BCUT2D eigenvalue weighted by Gasteiger charge is -2.31. The van der Waals surface area contributed by atoms with Crippen molar-refractivity contribution < 1.29 is 13.9 Å². The number of likely N-dealkylation sites (N-methyl/N-ethyl adjacent to an activating group) is 1. The molecule has 32 heavy (non-hydrogen) atoms. The van der Waals surface area contributed by atoms with Gasteiger partial charge in [-0.3, -0.25) is 4.90 Å². The molecule has 0 bridgehead atoms. The highest BCUT2D eigenvalue weighted by Gasteiger charge is 2.25. The zero-order valence-electron chi connectivity index (χ0n) is 17.9. The van der Waals surface area contributed by atoms with E-state index in [-0.39, 0.29) is 11.9 Å². The van der Waals surface area contributed by atoms with Crippen LogP contribution in [0.1, 0.15) is 6.42 Å². The summed E-state index contributed by atoms with van der Waals surface area (Å²) in [7, 11) is 2.17. The highest BCUT2D eigenvalue weighted by Crippen LogP contribution is 2.38. The standard InChI is InChI=1S/C23H25BrFN5O2/c1-29-6-3-7-30(9-8-29)12-15-13-31-20-11-19-16(10-21(20)32-15)23(27-14-26-19)28-18-5-2-4-17(24)22(18)25/h2,4-5,10-11,14-15H,3,6-9,12-13H2,1H3,(H,26,27,28). The van der Waals surface area contributed by atoms with Crippen molar-refractivity contribution >= 4 is 38.3 Å². The van der Waals surface area contributed by atoms with Gasteiger partial charge in [0.05, 0.1) is 15.7 Å². The molecule has 2 aromatic carbocycles. The molecule has 0 aliphatic carbocycles. The summed E-state index contributed by atoms with van der Waals surface area (Å²) in [5, 5.41) is 3.83. The molecule has 1 N–H and O–H groups in total. The van der Waals surface area contributed by atoms with Gasteiger partial charge >= 0.3 is 0 Å². The zero-order chi connectivity index (χ0) is 22.1. The van der Waals surface area contributed by atoms with Gasteiger partial charge in [0.1, 0.15) is 24.9 Å². The van der Waals surface area contributed by atoms with Crippen LogP contribution < -0.4 is 14.8 Å². The van der Waals surface area contributed by atoms with Crippen molar-refractivity contribution in [2.24, 2.45) is 0 Å². The number of anilines is 2. The maximum Gasteiger partial charge on any atom is 0.163 e. The number of hydrogen-bond donors (Lipinski definition) is 1. The first-order valence-corrected chi connectivity index (χ1v) is 11.6. The van der Waals surface area contributed by atoms with E-state index in [1.807, 2.05) is 12.1 Å².